The van der Waals surface area contributed by atoms with Crippen molar-refractivity contribution in [3.8, 4) is 5.75 Å². The monoisotopic (exact) mass is 265 g/mol. The summed E-state index contributed by atoms with van der Waals surface area (Å²) in [6.07, 6.45) is 3.60. The summed E-state index contributed by atoms with van der Waals surface area (Å²) in [6.45, 7) is 10.0. The molecule has 0 saturated heterocycles. The third-order valence-electron chi connectivity index (χ3n) is 3.36. The Morgan fingerprint density at radius 2 is 2.05 bits per heavy atom. The maximum absolute atomic E-state index is 5.95. The Bertz CT molecular complexity index is 389. The Morgan fingerprint density at radius 3 is 2.63 bits per heavy atom. The summed E-state index contributed by atoms with van der Waals surface area (Å²) in [6, 6.07) is 2.46. The minimum atomic E-state index is -0.00140. The molecule has 19 heavy (non-hydrogen) atoms. The highest BCUT2D eigenvalue weighted by molar-refractivity contribution is 5.29. The van der Waals surface area contributed by atoms with Crippen molar-refractivity contribution in [1.29, 1.82) is 0 Å². The van der Waals surface area contributed by atoms with E-state index in [0.717, 1.165) is 17.9 Å². The molecule has 108 valence electrons. The first-order valence-corrected chi connectivity index (χ1v) is 6.79. The molecule has 0 saturated carbocycles. The summed E-state index contributed by atoms with van der Waals surface area (Å²) in [4.78, 5) is 6.31. The molecule has 0 atom stereocenters. The third-order valence-corrected chi connectivity index (χ3v) is 3.36. The lowest BCUT2D eigenvalue weighted by Crippen LogP contribution is -2.43. The van der Waals surface area contributed by atoms with Crippen LogP contribution >= 0.6 is 0 Å². The van der Waals surface area contributed by atoms with Crippen LogP contribution in [0.1, 0.15) is 33.3 Å². The molecule has 0 amide bonds. The van der Waals surface area contributed by atoms with Gasteiger partial charge in [0.2, 0.25) is 0 Å². The summed E-state index contributed by atoms with van der Waals surface area (Å²) in [5.74, 6) is 0.866. The predicted octanol–water partition coefficient (Wildman–Crippen LogP) is 2.30. The Labute approximate surface area is 117 Å². The van der Waals surface area contributed by atoms with Crippen molar-refractivity contribution in [1.82, 2.24) is 15.2 Å². The van der Waals surface area contributed by atoms with Gasteiger partial charge in [0.15, 0.2) is 0 Å². The number of nitrogens with zero attached hydrogens (tertiary/aromatic N) is 2. The molecule has 0 fully saturated rings. The topological polar surface area (TPSA) is 37.4 Å². The fourth-order valence-corrected chi connectivity index (χ4v) is 1.38. The molecule has 0 bridgehead atoms. The Morgan fingerprint density at radius 1 is 1.37 bits per heavy atom. The Hall–Kier alpha value is -1.13. The second-order valence-electron chi connectivity index (χ2n) is 6.01. The molecule has 4 heteroatoms. The number of likely N-dealkylation sites (N-methyl/N-ethyl adjacent to an activating group) is 1. The Balaban J connectivity index is 2.67. The molecular weight excluding hydrogens is 238 g/mol. The Kier molecular flexibility index (Phi) is 5.76. The van der Waals surface area contributed by atoms with E-state index in [4.69, 9.17) is 4.74 Å². The number of hydrogen-bond donors (Lipinski definition) is 1. The van der Waals surface area contributed by atoms with Crippen molar-refractivity contribution >= 4 is 0 Å². The quantitative estimate of drug-likeness (QED) is 0.821. The first-order chi connectivity index (χ1) is 8.83. The molecule has 0 aliphatic carbocycles. The van der Waals surface area contributed by atoms with Crippen molar-refractivity contribution < 1.29 is 4.74 Å². The van der Waals surface area contributed by atoms with Crippen molar-refractivity contribution in [3.63, 3.8) is 0 Å². The molecule has 4 nitrogen and oxygen atoms in total. The summed E-state index contributed by atoms with van der Waals surface area (Å²) in [7, 11) is 4.13. The molecule has 0 spiro atoms. The molecule has 1 rings (SSSR count). The average Bonchev–Trinajstić information content (AvgIpc) is 2.34. The van der Waals surface area contributed by atoms with Crippen molar-refractivity contribution in [2.75, 3.05) is 20.7 Å². The molecule has 1 aromatic heterocycles. The van der Waals surface area contributed by atoms with Gasteiger partial charge in [0.25, 0.3) is 0 Å². The van der Waals surface area contributed by atoms with Gasteiger partial charge >= 0.3 is 0 Å². The second-order valence-corrected chi connectivity index (χ2v) is 6.01. The lowest BCUT2D eigenvalue weighted by molar-refractivity contribution is 0.113. The highest BCUT2D eigenvalue weighted by Gasteiger charge is 2.21. The molecule has 1 aromatic rings. The van der Waals surface area contributed by atoms with Gasteiger partial charge in [0, 0.05) is 29.9 Å². The zero-order chi connectivity index (χ0) is 14.5. The van der Waals surface area contributed by atoms with Crippen molar-refractivity contribution in [3.05, 3.63) is 24.0 Å². The van der Waals surface area contributed by atoms with Gasteiger partial charge in [-0.25, -0.2) is 0 Å². The number of aromatic nitrogens is 1. The van der Waals surface area contributed by atoms with E-state index in [1.807, 2.05) is 6.07 Å². The fraction of sp³-hybridized carbons (Fsp3) is 0.667. The van der Waals surface area contributed by atoms with E-state index in [0.29, 0.717) is 12.6 Å². The van der Waals surface area contributed by atoms with Gasteiger partial charge in [-0.2, -0.15) is 0 Å². The van der Waals surface area contributed by atoms with Gasteiger partial charge in [0.1, 0.15) is 12.4 Å². The number of pyridine rings is 1. The lowest BCUT2D eigenvalue weighted by atomic mass is 10.1. The van der Waals surface area contributed by atoms with Gasteiger partial charge < -0.3 is 15.0 Å². The van der Waals surface area contributed by atoms with E-state index in [1.165, 1.54) is 0 Å². The van der Waals surface area contributed by atoms with Gasteiger partial charge in [-0.3, -0.25) is 4.98 Å². The highest BCUT2D eigenvalue weighted by Crippen LogP contribution is 2.19. The van der Waals surface area contributed by atoms with Crippen LogP contribution in [0.4, 0.5) is 0 Å². The van der Waals surface area contributed by atoms with Gasteiger partial charge in [-0.05, 0) is 34.0 Å². The normalized spacial score (nSPS) is 12.2. The predicted molar refractivity (Wildman–Crippen MR) is 79.5 cm³/mol. The van der Waals surface area contributed by atoms with Crippen molar-refractivity contribution in [2.24, 2.45) is 0 Å². The van der Waals surface area contributed by atoms with Crippen LogP contribution in [0.2, 0.25) is 0 Å². The molecule has 0 aliphatic rings. The number of hydrogen-bond acceptors (Lipinski definition) is 4. The second kappa shape index (κ2) is 6.87. The molecule has 0 unspecified atom stereocenters. The molecule has 0 aromatic carbocycles. The molecular formula is C15H27N3O. The average molecular weight is 265 g/mol. The fourth-order valence-electron chi connectivity index (χ4n) is 1.38. The van der Waals surface area contributed by atoms with Gasteiger partial charge in [0.05, 0.1) is 6.20 Å². The molecule has 0 aliphatic heterocycles. The van der Waals surface area contributed by atoms with E-state index < -0.39 is 0 Å². The summed E-state index contributed by atoms with van der Waals surface area (Å²) < 4.78 is 5.95. The van der Waals surface area contributed by atoms with Crippen LogP contribution in [0.5, 0.6) is 5.75 Å². The smallest absolute Gasteiger partial charge is 0.142 e. The summed E-state index contributed by atoms with van der Waals surface area (Å²) in [5, 5.41) is 3.40. The number of rotatable bonds is 7. The van der Waals surface area contributed by atoms with Crippen LogP contribution in [0.15, 0.2) is 18.5 Å². The zero-order valence-corrected chi connectivity index (χ0v) is 13.0. The van der Waals surface area contributed by atoms with Crippen LogP contribution in [0.3, 0.4) is 0 Å². The molecule has 0 radical (unpaired) electrons. The third kappa shape index (κ3) is 5.17. The maximum Gasteiger partial charge on any atom is 0.142 e. The van der Waals surface area contributed by atoms with E-state index in [2.05, 4.69) is 57.0 Å². The van der Waals surface area contributed by atoms with Crippen molar-refractivity contribution in [2.45, 2.75) is 45.8 Å². The number of nitrogens with one attached hydrogen (secondary N) is 1. The van der Waals surface area contributed by atoms with E-state index in [9.17, 15) is 0 Å². The summed E-state index contributed by atoms with van der Waals surface area (Å²) in [5.41, 5.74) is 1.15. The van der Waals surface area contributed by atoms with Crippen LogP contribution < -0.4 is 10.1 Å². The molecule has 1 heterocycles. The minimum absolute atomic E-state index is 0.00140. The SMILES string of the molecule is CC(C)NCc1ccncc1OCC(C)(C)N(C)C. The van der Waals surface area contributed by atoms with E-state index >= 15 is 0 Å². The van der Waals surface area contributed by atoms with Crippen LogP contribution in [0, 0.1) is 0 Å². The molecule has 1 N–H and O–H groups in total. The first kappa shape index (κ1) is 15.9. The van der Waals surface area contributed by atoms with Crippen LogP contribution in [-0.2, 0) is 6.54 Å². The van der Waals surface area contributed by atoms with Gasteiger partial charge in [-0.15, -0.1) is 0 Å². The van der Waals surface area contributed by atoms with Crippen LogP contribution in [-0.4, -0.2) is 42.2 Å². The zero-order valence-electron chi connectivity index (χ0n) is 13.0. The number of ether oxygens (including phenoxy) is 1. The lowest BCUT2D eigenvalue weighted by Gasteiger charge is -2.32. The standard InChI is InChI=1S/C15H27N3O/c1-12(2)17-9-13-7-8-16-10-14(13)19-11-15(3,4)18(5)6/h7-8,10,12,17H,9,11H2,1-6H3. The minimum Gasteiger partial charge on any atom is -0.490 e. The largest absolute Gasteiger partial charge is 0.490 e. The van der Waals surface area contributed by atoms with Gasteiger partial charge in [-0.1, -0.05) is 13.8 Å². The van der Waals surface area contributed by atoms with Crippen LogP contribution in [0.25, 0.3) is 0 Å². The van der Waals surface area contributed by atoms with E-state index in [1.54, 1.807) is 12.4 Å². The summed E-state index contributed by atoms with van der Waals surface area (Å²) >= 11 is 0. The van der Waals surface area contributed by atoms with E-state index in [-0.39, 0.29) is 5.54 Å². The first-order valence-electron chi connectivity index (χ1n) is 6.79. The maximum atomic E-state index is 5.95. The highest BCUT2D eigenvalue weighted by atomic mass is 16.5.